The molecule has 0 spiro atoms. The SMILES string of the molecule is C[C@@H]1C(O)=C(C#N)C[C@]2(C)c3nc(CCOCc4ccccc4)n(-c4ccccc4)c3CCC12. The molecule has 0 saturated heterocycles. The van der Waals surface area contributed by atoms with E-state index in [-0.39, 0.29) is 23.0 Å². The molecule has 2 aromatic carbocycles. The lowest BCUT2D eigenvalue weighted by molar-refractivity contribution is 0.122. The zero-order valence-corrected chi connectivity index (χ0v) is 19.9. The lowest BCUT2D eigenvalue weighted by Gasteiger charge is -2.46. The van der Waals surface area contributed by atoms with Crippen molar-refractivity contribution in [2.24, 2.45) is 11.8 Å². The summed E-state index contributed by atoms with van der Waals surface area (Å²) in [4.78, 5) is 5.23. The van der Waals surface area contributed by atoms with Crippen LogP contribution in [0.25, 0.3) is 5.69 Å². The van der Waals surface area contributed by atoms with E-state index < -0.39 is 0 Å². The highest BCUT2D eigenvalue weighted by Crippen LogP contribution is 2.53. The first-order valence-corrected chi connectivity index (χ1v) is 12.1. The maximum absolute atomic E-state index is 10.6. The Bertz CT molecular complexity index is 1240. The van der Waals surface area contributed by atoms with Crippen LogP contribution in [0.1, 0.15) is 49.5 Å². The van der Waals surface area contributed by atoms with Gasteiger partial charge in [-0.2, -0.15) is 5.26 Å². The summed E-state index contributed by atoms with van der Waals surface area (Å²) in [6.07, 6.45) is 3.11. The standard InChI is InChI=1S/C29H31N3O2/c1-20-24-13-14-25-28(29(24,2)17-22(18-30)27(20)33)31-26(32(25)23-11-7-4-8-12-23)15-16-34-19-21-9-5-3-6-10-21/h3-12,20,24,33H,13-17,19H2,1-2H3/t20-,24?,29-/m0/s1. The number of allylic oxidation sites excluding steroid dienone is 2. The summed E-state index contributed by atoms with van der Waals surface area (Å²) in [5, 5.41) is 20.3. The molecule has 0 fully saturated rings. The molecule has 0 saturated carbocycles. The van der Waals surface area contributed by atoms with Crippen LogP contribution in [-0.2, 0) is 29.6 Å². The summed E-state index contributed by atoms with van der Waals surface area (Å²) in [5.74, 6) is 1.49. The second-order valence-corrected chi connectivity index (χ2v) is 9.79. The van der Waals surface area contributed by atoms with Gasteiger partial charge in [0.05, 0.1) is 30.6 Å². The van der Waals surface area contributed by atoms with E-state index in [9.17, 15) is 10.4 Å². The third kappa shape index (κ3) is 3.82. The number of benzene rings is 2. The lowest BCUT2D eigenvalue weighted by Crippen LogP contribution is -2.44. The van der Waals surface area contributed by atoms with Crippen molar-refractivity contribution in [2.75, 3.05) is 6.61 Å². The second-order valence-electron chi connectivity index (χ2n) is 9.79. The van der Waals surface area contributed by atoms with Gasteiger partial charge in [-0.3, -0.25) is 0 Å². The molecule has 34 heavy (non-hydrogen) atoms. The molecule has 5 heteroatoms. The number of aromatic nitrogens is 2. The Kier molecular flexibility index (Phi) is 6.02. The number of ether oxygens (including phenoxy) is 1. The number of hydrogen-bond donors (Lipinski definition) is 1. The molecule has 3 aromatic rings. The Morgan fingerprint density at radius 1 is 1.15 bits per heavy atom. The van der Waals surface area contributed by atoms with Gasteiger partial charge >= 0.3 is 0 Å². The highest BCUT2D eigenvalue weighted by molar-refractivity contribution is 5.45. The van der Waals surface area contributed by atoms with Gasteiger partial charge in [-0.1, -0.05) is 62.4 Å². The van der Waals surface area contributed by atoms with Gasteiger partial charge in [-0.15, -0.1) is 0 Å². The average molecular weight is 454 g/mol. The van der Waals surface area contributed by atoms with E-state index in [1.54, 1.807) is 0 Å². The van der Waals surface area contributed by atoms with Crippen molar-refractivity contribution < 1.29 is 9.84 Å². The average Bonchev–Trinajstić information content (AvgIpc) is 3.25. The van der Waals surface area contributed by atoms with E-state index in [1.807, 2.05) is 31.2 Å². The van der Waals surface area contributed by atoms with E-state index in [1.165, 1.54) is 5.69 Å². The van der Waals surface area contributed by atoms with E-state index in [0.717, 1.165) is 35.6 Å². The molecular formula is C29H31N3O2. The molecule has 3 atom stereocenters. The van der Waals surface area contributed by atoms with Gasteiger partial charge < -0.3 is 14.4 Å². The number of nitriles is 1. The molecule has 5 nitrogen and oxygen atoms in total. The molecule has 0 aliphatic heterocycles. The van der Waals surface area contributed by atoms with Gasteiger partial charge in [0.1, 0.15) is 11.6 Å². The highest BCUT2D eigenvalue weighted by Gasteiger charge is 2.50. The quantitative estimate of drug-likeness (QED) is 0.477. The van der Waals surface area contributed by atoms with Crippen molar-refractivity contribution in [2.45, 2.75) is 51.6 Å². The Morgan fingerprint density at radius 2 is 1.85 bits per heavy atom. The van der Waals surface area contributed by atoms with Crippen LogP contribution in [0.15, 0.2) is 72.0 Å². The van der Waals surface area contributed by atoms with Crippen LogP contribution >= 0.6 is 0 Å². The van der Waals surface area contributed by atoms with Gasteiger partial charge in [-0.05, 0) is 42.9 Å². The van der Waals surface area contributed by atoms with Gasteiger partial charge in [0.2, 0.25) is 0 Å². The third-order valence-corrected chi connectivity index (χ3v) is 7.71. The molecule has 2 aliphatic carbocycles. The van der Waals surface area contributed by atoms with Gasteiger partial charge in [0.15, 0.2) is 0 Å². The molecule has 2 aliphatic rings. The third-order valence-electron chi connectivity index (χ3n) is 7.71. The molecule has 1 aromatic heterocycles. The maximum atomic E-state index is 10.6. The van der Waals surface area contributed by atoms with Gasteiger partial charge in [-0.25, -0.2) is 4.98 Å². The minimum Gasteiger partial charge on any atom is -0.511 e. The number of fused-ring (bicyclic) bond motifs is 3. The normalized spacial score (nSPS) is 23.8. The van der Waals surface area contributed by atoms with Crippen molar-refractivity contribution in [3.63, 3.8) is 0 Å². The zero-order valence-electron chi connectivity index (χ0n) is 19.9. The molecule has 0 amide bonds. The maximum Gasteiger partial charge on any atom is 0.116 e. The molecule has 5 rings (SSSR count). The van der Waals surface area contributed by atoms with Crippen molar-refractivity contribution in [1.29, 1.82) is 5.26 Å². The summed E-state index contributed by atoms with van der Waals surface area (Å²) in [5.41, 5.74) is 4.81. The molecule has 1 heterocycles. The Balaban J connectivity index is 1.49. The first kappa shape index (κ1) is 22.4. The number of hydrogen-bond acceptors (Lipinski definition) is 4. The number of para-hydroxylation sites is 1. The van der Waals surface area contributed by atoms with Gasteiger partial charge in [0.25, 0.3) is 0 Å². The summed E-state index contributed by atoms with van der Waals surface area (Å²) < 4.78 is 8.31. The van der Waals surface area contributed by atoms with Crippen LogP contribution in [-0.4, -0.2) is 21.3 Å². The van der Waals surface area contributed by atoms with E-state index in [0.29, 0.717) is 31.6 Å². The smallest absolute Gasteiger partial charge is 0.116 e. The fourth-order valence-corrected chi connectivity index (χ4v) is 5.99. The van der Waals surface area contributed by atoms with Crippen molar-refractivity contribution in [3.8, 4) is 11.8 Å². The van der Waals surface area contributed by atoms with Crippen LogP contribution < -0.4 is 0 Å². The largest absolute Gasteiger partial charge is 0.511 e. The predicted octanol–water partition coefficient (Wildman–Crippen LogP) is 5.83. The minimum absolute atomic E-state index is 0.0407. The molecule has 0 radical (unpaired) electrons. The number of aliphatic hydroxyl groups excluding tert-OH is 1. The topological polar surface area (TPSA) is 71.1 Å². The fourth-order valence-electron chi connectivity index (χ4n) is 5.99. The summed E-state index contributed by atoms with van der Waals surface area (Å²) in [6.45, 7) is 5.44. The minimum atomic E-state index is -0.274. The Morgan fingerprint density at radius 3 is 2.56 bits per heavy atom. The summed E-state index contributed by atoms with van der Waals surface area (Å²) >= 11 is 0. The molecule has 1 unspecified atom stereocenters. The lowest BCUT2D eigenvalue weighted by atomic mass is 9.57. The summed E-state index contributed by atoms with van der Waals surface area (Å²) in [7, 11) is 0. The van der Waals surface area contributed by atoms with Crippen molar-refractivity contribution in [1.82, 2.24) is 9.55 Å². The van der Waals surface area contributed by atoms with Crippen molar-refractivity contribution in [3.05, 3.63) is 94.8 Å². The number of imidazole rings is 1. The molecule has 174 valence electrons. The van der Waals surface area contributed by atoms with Crippen LogP contribution in [0.2, 0.25) is 0 Å². The van der Waals surface area contributed by atoms with Gasteiger partial charge in [0, 0.05) is 29.1 Å². The van der Waals surface area contributed by atoms with E-state index in [4.69, 9.17) is 9.72 Å². The number of nitrogens with zero attached hydrogens (tertiary/aromatic N) is 3. The van der Waals surface area contributed by atoms with Crippen LogP contribution in [0.5, 0.6) is 0 Å². The summed E-state index contributed by atoms with van der Waals surface area (Å²) in [6, 6.07) is 22.9. The number of aliphatic hydroxyl groups is 1. The Hall–Kier alpha value is -3.36. The molecular weight excluding hydrogens is 422 g/mol. The first-order chi connectivity index (χ1) is 16.5. The highest BCUT2D eigenvalue weighted by atomic mass is 16.5. The zero-order chi connectivity index (χ0) is 23.7. The van der Waals surface area contributed by atoms with E-state index >= 15 is 0 Å². The number of rotatable bonds is 6. The van der Waals surface area contributed by atoms with Crippen LogP contribution in [0.4, 0.5) is 0 Å². The second kappa shape index (κ2) is 9.12. The van der Waals surface area contributed by atoms with Crippen LogP contribution in [0, 0.1) is 23.2 Å². The first-order valence-electron chi connectivity index (χ1n) is 12.1. The Labute approximate surface area is 201 Å². The van der Waals surface area contributed by atoms with Crippen LogP contribution in [0.3, 0.4) is 0 Å². The van der Waals surface area contributed by atoms with E-state index in [2.05, 4.69) is 54.0 Å². The fraction of sp³-hybridized carbons (Fsp3) is 0.379. The molecule has 0 bridgehead atoms. The molecule has 1 N–H and O–H groups in total. The monoisotopic (exact) mass is 453 g/mol. The predicted molar refractivity (Wildman–Crippen MR) is 132 cm³/mol. The van der Waals surface area contributed by atoms with Crippen molar-refractivity contribution >= 4 is 0 Å².